The molecule has 0 spiro atoms. The molecule has 0 aliphatic carbocycles. The summed E-state index contributed by atoms with van der Waals surface area (Å²) in [5.74, 6) is 13.0. The van der Waals surface area contributed by atoms with Crippen LogP contribution in [0.3, 0.4) is 0 Å². The van der Waals surface area contributed by atoms with Gasteiger partial charge >= 0.3 is 0 Å². The first-order valence-corrected chi connectivity index (χ1v) is 22.8. The monoisotopic (exact) mass is 628 g/mol. The van der Waals surface area contributed by atoms with Crippen LogP contribution in [-0.2, 0) is 142 Å². The van der Waals surface area contributed by atoms with E-state index in [9.17, 15) is 0 Å². The van der Waals surface area contributed by atoms with Gasteiger partial charge < -0.3 is 0 Å². The lowest BCUT2D eigenvalue weighted by Crippen LogP contribution is -1.38. The van der Waals surface area contributed by atoms with Crippen LogP contribution < -0.4 is 0 Å². The second-order valence-electron chi connectivity index (χ2n) is 2.04. The van der Waals surface area contributed by atoms with E-state index in [0.29, 0.717) is 0 Å². The molecule has 0 fully saturated rings. The minimum absolute atomic E-state index is 1.36. The van der Waals surface area contributed by atoms with Crippen molar-refractivity contribution >= 4 is 142 Å². The van der Waals surface area contributed by atoms with Crippen LogP contribution in [0.2, 0.25) is 0 Å². The summed E-state index contributed by atoms with van der Waals surface area (Å²) in [6.45, 7) is 8.93. The highest BCUT2D eigenvalue weighted by atomic mass is 33.5. The Morgan fingerprint density at radius 1 is 0.500 bits per heavy atom. The molecule has 0 amide bonds. The minimum Gasteiger partial charge on any atom is -0.120 e. The van der Waals surface area contributed by atoms with Crippen molar-refractivity contribution in [3.05, 3.63) is 0 Å². The van der Waals surface area contributed by atoms with Gasteiger partial charge in [-0.3, -0.25) is 0 Å². The molecule has 0 aliphatic heterocycles. The zero-order chi connectivity index (χ0) is 21.3. The SMILES string of the molecule is C#CC.CC#CC.CC#CC.S=S.S=S=S=S=S=S=S=S=S=S=S=S=S. The Bertz CT molecular complexity index is 845. The molecule has 0 N–H and O–H groups in total. The third-order valence-electron chi connectivity index (χ3n) is 0.778. The molecule has 0 aromatic heterocycles. The van der Waals surface area contributed by atoms with Crippen molar-refractivity contribution in [3.63, 3.8) is 0 Å². The first kappa shape index (κ1) is 38.6. The Labute approximate surface area is 209 Å². The number of hydrogen-bond donors (Lipinski definition) is 0. The Morgan fingerprint density at radius 3 is 0.769 bits per heavy atom. The summed E-state index contributed by atoms with van der Waals surface area (Å²) in [4.78, 5) is 0. The van der Waals surface area contributed by atoms with E-state index in [0.717, 1.165) is 0 Å². The lowest BCUT2D eigenvalue weighted by Gasteiger charge is -1.40. The maximum Gasteiger partial charge on any atom is 0 e. The predicted octanol–water partition coefficient (Wildman–Crippen LogP) is 2.66. The molecule has 150 valence electrons. The normalized spacial score (nSPS) is 5.08. The predicted molar refractivity (Wildman–Crippen MR) is 163 cm³/mol. The molecular weight excluding hydrogens is 613 g/mol. The van der Waals surface area contributed by atoms with Crippen LogP contribution in [0.5, 0.6) is 0 Å². The van der Waals surface area contributed by atoms with E-state index in [1.165, 1.54) is 17.8 Å². The molecule has 15 heteroatoms. The molecule has 0 aliphatic rings. The molecule has 26 heavy (non-hydrogen) atoms. The van der Waals surface area contributed by atoms with Crippen molar-refractivity contribution in [2.75, 3.05) is 0 Å². The van der Waals surface area contributed by atoms with Crippen LogP contribution in [0.25, 0.3) is 0 Å². The largest absolute Gasteiger partial charge is 0.120 e. The number of rotatable bonds is 0. The second-order valence-corrected chi connectivity index (χ2v) is 21.5. The van der Waals surface area contributed by atoms with Gasteiger partial charge in [-0.25, -0.2) is 0 Å². The third kappa shape index (κ3) is 82.9. The average molecular weight is 629 g/mol. The first-order valence-electron chi connectivity index (χ1n) is 5.46. The molecule has 0 saturated heterocycles. The van der Waals surface area contributed by atoms with Crippen LogP contribution in [0, 0.1) is 36.0 Å². The smallest absolute Gasteiger partial charge is 0 e. The van der Waals surface area contributed by atoms with E-state index in [-0.39, 0.29) is 0 Å². The molecule has 0 heterocycles. The van der Waals surface area contributed by atoms with Crippen LogP contribution in [0.1, 0.15) is 34.6 Å². The fourth-order valence-electron chi connectivity index (χ4n) is 0.102. The maximum atomic E-state index is 4.70. The summed E-state index contributed by atoms with van der Waals surface area (Å²) in [7, 11) is 18.1. The molecule has 0 rings (SSSR count). The zero-order valence-electron chi connectivity index (χ0n) is 14.2. The fraction of sp³-hybridized carbons (Fsp3) is 0.455. The third-order valence-corrected chi connectivity index (χ3v) is 23.0. The van der Waals surface area contributed by atoms with Gasteiger partial charge in [-0.2, -0.15) is 0 Å². The van der Waals surface area contributed by atoms with Crippen molar-refractivity contribution in [1.29, 1.82) is 0 Å². The van der Waals surface area contributed by atoms with Gasteiger partial charge in [-0.15, -0.1) is 36.0 Å². The Hall–Kier alpha value is 1.98. The lowest BCUT2D eigenvalue weighted by atomic mass is 10.7. The Kier molecular flexibility index (Phi) is 83.6. The quantitative estimate of drug-likeness (QED) is 0.379. The molecule has 0 aromatic carbocycles. The van der Waals surface area contributed by atoms with Gasteiger partial charge in [0.05, 0.1) is 0 Å². The zero-order valence-corrected chi connectivity index (χ0v) is 26.4. The lowest BCUT2D eigenvalue weighted by molar-refractivity contribution is 1.83. The van der Waals surface area contributed by atoms with E-state index in [4.69, 9.17) is 22.4 Å². The summed E-state index contributed by atoms with van der Waals surface area (Å²) >= 11 is 16.7. The van der Waals surface area contributed by atoms with E-state index in [1.54, 1.807) is 86.8 Å². The Morgan fingerprint density at radius 2 is 0.654 bits per heavy atom. The standard InChI is InChI=1S/2C4H6.C3H4.S13.S2/c2*1-3-4-2;1-3-2;1-3-5-7-9-11-13-12-10-8-6-4-2;1-2/h2*1-2H3;1H,2H3;;. The van der Waals surface area contributed by atoms with Gasteiger partial charge in [0.1, 0.15) is 0 Å². The van der Waals surface area contributed by atoms with Crippen molar-refractivity contribution in [1.82, 2.24) is 0 Å². The van der Waals surface area contributed by atoms with Crippen LogP contribution in [0.4, 0.5) is 0 Å². The van der Waals surface area contributed by atoms with Crippen molar-refractivity contribution in [2.45, 2.75) is 34.6 Å². The minimum atomic E-state index is 1.36. The van der Waals surface area contributed by atoms with Gasteiger partial charge in [0.25, 0.3) is 0 Å². The topological polar surface area (TPSA) is 0 Å². The van der Waals surface area contributed by atoms with Crippen molar-refractivity contribution in [3.8, 4) is 36.0 Å². The summed E-state index contributed by atoms with van der Waals surface area (Å²) in [5.41, 5.74) is 0. The Balaban J connectivity index is -0.0000000927. The van der Waals surface area contributed by atoms with Gasteiger partial charge in [-0.1, -0.05) is 0 Å². The van der Waals surface area contributed by atoms with Crippen LogP contribution >= 0.6 is 0 Å². The van der Waals surface area contributed by atoms with E-state index < -0.39 is 0 Å². The number of hydrogen-bond acceptors (Lipinski definition) is 4. The maximum absolute atomic E-state index is 4.70. The molecule has 0 atom stereocenters. The van der Waals surface area contributed by atoms with Crippen molar-refractivity contribution in [2.24, 2.45) is 0 Å². The molecule has 0 saturated carbocycles. The molecule has 0 bridgehead atoms. The first-order chi connectivity index (χ1) is 12.7. The summed E-state index contributed by atoms with van der Waals surface area (Å²) in [5, 5.41) is 0. The van der Waals surface area contributed by atoms with Crippen LogP contribution in [-0.4, -0.2) is 0 Å². The summed E-state index contributed by atoms with van der Waals surface area (Å²) in [6.07, 6.45) is 4.60. The molecule has 0 nitrogen and oxygen atoms in total. The fourth-order valence-corrected chi connectivity index (χ4v) is 24.8. The molecule has 0 radical (unpaired) electrons. The second kappa shape index (κ2) is 56.3. The van der Waals surface area contributed by atoms with Gasteiger partial charge in [0.15, 0.2) is 0 Å². The average Bonchev–Trinajstić information content (AvgIpc) is 2.69. The highest BCUT2D eigenvalue weighted by Crippen LogP contribution is 1.40. The van der Waals surface area contributed by atoms with Crippen molar-refractivity contribution < 1.29 is 0 Å². The highest BCUT2D eigenvalue weighted by molar-refractivity contribution is 8.75. The highest BCUT2D eigenvalue weighted by Gasteiger charge is 1.39. The summed E-state index contributed by atoms with van der Waals surface area (Å²) < 4.78 is 0. The van der Waals surface area contributed by atoms with E-state index >= 15 is 0 Å². The summed E-state index contributed by atoms with van der Waals surface area (Å²) in [6, 6.07) is 0. The van der Waals surface area contributed by atoms with E-state index in [1.807, 2.05) is 27.7 Å². The number of terminal acetylenes is 1. The van der Waals surface area contributed by atoms with E-state index in [2.05, 4.69) is 58.4 Å². The molecule has 0 unspecified atom stereocenters. The molecular formula is C11H16S15. The van der Waals surface area contributed by atoms with Crippen LogP contribution in [0.15, 0.2) is 0 Å². The van der Waals surface area contributed by atoms with Gasteiger partial charge in [0, 0.05) is 142 Å². The van der Waals surface area contributed by atoms with Gasteiger partial charge in [0.2, 0.25) is 0 Å². The van der Waals surface area contributed by atoms with Gasteiger partial charge in [-0.05, 0) is 34.6 Å². The molecule has 0 aromatic rings.